The van der Waals surface area contributed by atoms with Crippen molar-refractivity contribution in [3.05, 3.63) is 18.1 Å². The summed E-state index contributed by atoms with van der Waals surface area (Å²) in [6.07, 6.45) is 5.45. The second kappa shape index (κ2) is 8.24. The number of carbonyl (C=O) groups excluding carboxylic acids is 1. The third-order valence-corrected chi connectivity index (χ3v) is 4.72. The van der Waals surface area contributed by atoms with E-state index in [-0.39, 0.29) is 17.9 Å². The van der Waals surface area contributed by atoms with Crippen LogP contribution in [0.4, 0.5) is 5.82 Å². The molecule has 1 aromatic heterocycles. The minimum absolute atomic E-state index is 0.0388. The predicted octanol–water partition coefficient (Wildman–Crippen LogP) is 1.50. The summed E-state index contributed by atoms with van der Waals surface area (Å²) in [5.41, 5.74) is 7.07. The van der Waals surface area contributed by atoms with Crippen LogP contribution in [0.1, 0.15) is 45.7 Å². The van der Waals surface area contributed by atoms with Crippen molar-refractivity contribution >= 4 is 11.7 Å². The second-order valence-corrected chi connectivity index (χ2v) is 6.43. The number of hydrogen-bond donors (Lipinski definition) is 2. The van der Waals surface area contributed by atoms with E-state index in [4.69, 9.17) is 5.73 Å². The van der Waals surface area contributed by atoms with Crippen LogP contribution in [-0.4, -0.2) is 41.0 Å². The monoisotopic (exact) mass is 319 g/mol. The van der Waals surface area contributed by atoms with Crippen molar-refractivity contribution in [2.45, 2.75) is 58.5 Å². The molecule has 0 saturated carbocycles. The molecule has 3 atom stereocenters. The van der Waals surface area contributed by atoms with E-state index >= 15 is 0 Å². The Morgan fingerprint density at radius 2 is 2.26 bits per heavy atom. The Hall–Kier alpha value is -1.69. The molecule has 1 fully saturated rings. The molecular weight excluding hydrogens is 290 g/mol. The zero-order valence-corrected chi connectivity index (χ0v) is 14.5. The third-order valence-electron chi connectivity index (χ3n) is 4.72. The minimum atomic E-state index is -0.430. The van der Waals surface area contributed by atoms with Crippen molar-refractivity contribution in [2.75, 3.05) is 18.0 Å². The van der Waals surface area contributed by atoms with E-state index < -0.39 is 6.04 Å². The molecule has 128 valence electrons. The molecule has 0 bridgehead atoms. The van der Waals surface area contributed by atoms with Crippen LogP contribution in [0.5, 0.6) is 0 Å². The average molecular weight is 319 g/mol. The van der Waals surface area contributed by atoms with Crippen molar-refractivity contribution in [1.29, 1.82) is 0 Å². The number of anilines is 1. The molecule has 1 aliphatic rings. The van der Waals surface area contributed by atoms with Crippen molar-refractivity contribution in [2.24, 2.45) is 11.7 Å². The van der Waals surface area contributed by atoms with Gasteiger partial charge in [-0.05, 0) is 25.2 Å². The molecule has 3 N–H and O–H groups in total. The largest absolute Gasteiger partial charge is 0.354 e. The number of nitrogens with one attached hydrogen (secondary N) is 1. The Bertz CT molecular complexity index is 521. The average Bonchev–Trinajstić information content (AvgIpc) is 2.60. The summed E-state index contributed by atoms with van der Waals surface area (Å²) in [7, 11) is 0. The highest BCUT2D eigenvalue weighted by Crippen LogP contribution is 2.18. The van der Waals surface area contributed by atoms with Gasteiger partial charge in [0.25, 0.3) is 0 Å². The molecule has 1 aliphatic heterocycles. The van der Waals surface area contributed by atoms with Crippen LogP contribution < -0.4 is 16.0 Å². The van der Waals surface area contributed by atoms with Gasteiger partial charge in [-0.3, -0.25) is 4.79 Å². The van der Waals surface area contributed by atoms with Crippen LogP contribution in [0.25, 0.3) is 0 Å². The molecule has 1 aromatic rings. The smallest absolute Gasteiger partial charge is 0.237 e. The summed E-state index contributed by atoms with van der Waals surface area (Å²) < 4.78 is 0. The van der Waals surface area contributed by atoms with E-state index in [2.05, 4.69) is 34.0 Å². The highest BCUT2D eigenvalue weighted by molar-refractivity contribution is 5.82. The lowest BCUT2D eigenvalue weighted by atomic mass is 9.98. The second-order valence-electron chi connectivity index (χ2n) is 6.43. The highest BCUT2D eigenvalue weighted by Gasteiger charge is 2.26. The zero-order valence-electron chi connectivity index (χ0n) is 14.5. The Labute approximate surface area is 138 Å². The molecule has 0 aromatic carbocycles. The number of hydrogen-bond acceptors (Lipinski definition) is 5. The standard InChI is InChI=1S/C17H29N5O/c1-4-12(3)16(18)17(23)21-14-7-6-8-22(10-14)15-9-13(5-2)19-11-20-15/h9,11-12,14,16H,4-8,10,18H2,1-3H3,(H,21,23). The number of piperidine rings is 1. The summed E-state index contributed by atoms with van der Waals surface area (Å²) >= 11 is 0. The predicted molar refractivity (Wildman–Crippen MR) is 92.2 cm³/mol. The van der Waals surface area contributed by atoms with Gasteiger partial charge in [0.15, 0.2) is 0 Å². The zero-order chi connectivity index (χ0) is 16.8. The minimum Gasteiger partial charge on any atom is -0.354 e. The van der Waals surface area contributed by atoms with E-state index in [0.717, 1.165) is 50.3 Å². The van der Waals surface area contributed by atoms with Gasteiger partial charge in [0.1, 0.15) is 12.1 Å². The molecule has 3 unspecified atom stereocenters. The van der Waals surface area contributed by atoms with Gasteiger partial charge in [0.2, 0.25) is 5.91 Å². The summed E-state index contributed by atoms with van der Waals surface area (Å²) in [6.45, 7) is 7.90. The van der Waals surface area contributed by atoms with Gasteiger partial charge >= 0.3 is 0 Å². The first kappa shape index (κ1) is 17.7. The van der Waals surface area contributed by atoms with E-state index in [9.17, 15) is 4.79 Å². The van der Waals surface area contributed by atoms with Crippen molar-refractivity contribution in [1.82, 2.24) is 15.3 Å². The molecule has 0 aliphatic carbocycles. The quantitative estimate of drug-likeness (QED) is 0.830. The number of nitrogens with two attached hydrogens (primary N) is 1. The third kappa shape index (κ3) is 4.64. The highest BCUT2D eigenvalue weighted by atomic mass is 16.2. The number of aromatic nitrogens is 2. The van der Waals surface area contributed by atoms with E-state index in [1.165, 1.54) is 0 Å². The van der Waals surface area contributed by atoms with E-state index in [1.807, 2.05) is 13.0 Å². The fourth-order valence-electron chi connectivity index (χ4n) is 2.86. The summed E-state index contributed by atoms with van der Waals surface area (Å²) in [4.78, 5) is 23.1. The van der Waals surface area contributed by atoms with Gasteiger partial charge in [-0.2, -0.15) is 0 Å². The normalized spacial score (nSPS) is 20.9. The van der Waals surface area contributed by atoms with Crippen LogP contribution in [-0.2, 0) is 11.2 Å². The molecule has 2 rings (SSSR count). The maximum absolute atomic E-state index is 12.3. The lowest BCUT2D eigenvalue weighted by molar-refractivity contribution is -0.124. The summed E-state index contributed by atoms with van der Waals surface area (Å²) in [5, 5.41) is 3.11. The number of amides is 1. The van der Waals surface area contributed by atoms with Crippen LogP contribution in [0, 0.1) is 5.92 Å². The topological polar surface area (TPSA) is 84.1 Å². The first-order valence-electron chi connectivity index (χ1n) is 8.67. The van der Waals surface area contributed by atoms with Gasteiger partial charge in [-0.25, -0.2) is 9.97 Å². The van der Waals surface area contributed by atoms with Crippen molar-refractivity contribution < 1.29 is 4.79 Å². The molecule has 2 heterocycles. The van der Waals surface area contributed by atoms with Gasteiger partial charge in [-0.15, -0.1) is 0 Å². The van der Waals surface area contributed by atoms with Gasteiger partial charge < -0.3 is 16.0 Å². The number of carbonyl (C=O) groups is 1. The molecule has 6 heteroatoms. The first-order chi connectivity index (χ1) is 11.0. The molecule has 1 saturated heterocycles. The Morgan fingerprint density at radius 3 is 2.96 bits per heavy atom. The van der Waals surface area contributed by atoms with Crippen LogP contribution in [0.3, 0.4) is 0 Å². The maximum Gasteiger partial charge on any atom is 0.237 e. The first-order valence-corrected chi connectivity index (χ1v) is 8.67. The molecular formula is C17H29N5O. The number of nitrogens with zero attached hydrogens (tertiary/aromatic N) is 3. The summed E-state index contributed by atoms with van der Waals surface area (Å²) in [5.74, 6) is 1.11. The van der Waals surface area contributed by atoms with Gasteiger partial charge in [-0.1, -0.05) is 27.2 Å². The number of rotatable bonds is 6. The maximum atomic E-state index is 12.3. The van der Waals surface area contributed by atoms with E-state index in [1.54, 1.807) is 6.33 Å². The lowest BCUT2D eigenvalue weighted by Gasteiger charge is -2.34. The molecule has 6 nitrogen and oxygen atoms in total. The summed E-state index contributed by atoms with van der Waals surface area (Å²) in [6, 6.07) is 1.74. The van der Waals surface area contributed by atoms with Crippen molar-refractivity contribution in [3.8, 4) is 0 Å². The Kier molecular flexibility index (Phi) is 6.33. The molecule has 0 spiro atoms. The van der Waals surface area contributed by atoms with E-state index in [0.29, 0.717) is 0 Å². The van der Waals surface area contributed by atoms with Crippen LogP contribution >= 0.6 is 0 Å². The molecule has 0 radical (unpaired) electrons. The van der Waals surface area contributed by atoms with Crippen molar-refractivity contribution in [3.63, 3.8) is 0 Å². The molecule has 23 heavy (non-hydrogen) atoms. The van der Waals surface area contributed by atoms with Gasteiger partial charge in [0, 0.05) is 30.9 Å². The Balaban J connectivity index is 1.96. The lowest BCUT2D eigenvalue weighted by Crippen LogP contribution is -2.53. The van der Waals surface area contributed by atoms with Crippen LogP contribution in [0.2, 0.25) is 0 Å². The fourth-order valence-corrected chi connectivity index (χ4v) is 2.86. The SMILES string of the molecule is CCc1cc(N2CCCC(NC(=O)C(N)C(C)CC)C2)ncn1. The van der Waals surface area contributed by atoms with Gasteiger partial charge in [0.05, 0.1) is 6.04 Å². The number of aryl methyl sites for hydroxylation is 1. The van der Waals surface area contributed by atoms with Crippen LogP contribution in [0.15, 0.2) is 12.4 Å². The fraction of sp³-hybridized carbons (Fsp3) is 0.706. The Morgan fingerprint density at radius 1 is 1.48 bits per heavy atom. The molecule has 1 amide bonds.